The largest absolute Gasteiger partial charge is 0.433 e. The maximum Gasteiger partial charge on any atom is 0.433 e. The second-order valence-corrected chi connectivity index (χ2v) is 6.23. The molecule has 24 heavy (non-hydrogen) atoms. The molecule has 0 saturated carbocycles. The first-order chi connectivity index (χ1) is 11.3. The fourth-order valence-electron chi connectivity index (χ4n) is 2.57. The molecule has 2 N–H and O–H groups in total. The van der Waals surface area contributed by atoms with Gasteiger partial charge in [0.1, 0.15) is 11.7 Å². The number of morpholine rings is 1. The highest BCUT2D eigenvalue weighted by molar-refractivity contribution is 6.38. The van der Waals surface area contributed by atoms with Crippen LogP contribution in [0.2, 0.25) is 0 Å². The molecule has 0 aromatic carbocycles. The first-order valence-corrected chi connectivity index (χ1v) is 7.94. The number of nitrogens with one attached hydrogen (secondary N) is 2. The SMILES string of the molecule is C[C@@H]1COCCN1C1=C(Cl)C(Cl)N=C(c2cn[nH]c2C(F)(F)F)N1. The monoisotopic (exact) mass is 383 g/mol. The summed E-state index contributed by atoms with van der Waals surface area (Å²) in [6.45, 7) is 3.42. The van der Waals surface area contributed by atoms with Gasteiger partial charge in [-0.25, -0.2) is 4.99 Å². The summed E-state index contributed by atoms with van der Waals surface area (Å²) in [4.78, 5) is 5.92. The van der Waals surface area contributed by atoms with E-state index in [9.17, 15) is 13.2 Å². The van der Waals surface area contributed by atoms with Crippen molar-refractivity contribution in [2.24, 2.45) is 4.99 Å². The lowest BCUT2D eigenvalue weighted by Gasteiger charge is -2.39. The van der Waals surface area contributed by atoms with E-state index in [0.717, 1.165) is 6.20 Å². The number of hydrogen-bond acceptors (Lipinski definition) is 5. The van der Waals surface area contributed by atoms with Crippen LogP contribution >= 0.6 is 23.2 Å². The fraction of sp³-hybridized carbons (Fsp3) is 0.538. The Balaban J connectivity index is 1.93. The van der Waals surface area contributed by atoms with Crippen LogP contribution in [0.3, 0.4) is 0 Å². The van der Waals surface area contributed by atoms with Crippen LogP contribution in [0, 0.1) is 0 Å². The van der Waals surface area contributed by atoms with Gasteiger partial charge in [-0.15, -0.1) is 0 Å². The first kappa shape index (κ1) is 17.4. The van der Waals surface area contributed by atoms with Crippen molar-refractivity contribution in [3.05, 3.63) is 28.3 Å². The quantitative estimate of drug-likeness (QED) is 0.608. The minimum absolute atomic E-state index is 0.00958. The summed E-state index contributed by atoms with van der Waals surface area (Å²) in [6, 6.07) is -0.00958. The molecule has 2 aliphatic rings. The molecular formula is C13H14Cl2F3N5O. The lowest BCUT2D eigenvalue weighted by atomic mass is 10.2. The molecule has 0 amide bonds. The van der Waals surface area contributed by atoms with Crippen molar-refractivity contribution in [3.8, 4) is 0 Å². The Morgan fingerprint density at radius 2 is 2.17 bits per heavy atom. The van der Waals surface area contributed by atoms with Crippen molar-refractivity contribution < 1.29 is 17.9 Å². The van der Waals surface area contributed by atoms with Crippen molar-refractivity contribution in [3.63, 3.8) is 0 Å². The highest BCUT2D eigenvalue weighted by atomic mass is 35.5. The summed E-state index contributed by atoms with van der Waals surface area (Å²) in [5.41, 5.74) is -2.19. The zero-order chi connectivity index (χ0) is 17.5. The number of H-pyrrole nitrogens is 1. The minimum Gasteiger partial charge on any atom is -0.377 e. The van der Waals surface area contributed by atoms with Crippen LogP contribution in [-0.2, 0) is 10.9 Å². The topological polar surface area (TPSA) is 65.5 Å². The molecule has 1 aromatic rings. The number of hydrogen-bond donors (Lipinski definition) is 2. The molecule has 2 atom stereocenters. The summed E-state index contributed by atoms with van der Waals surface area (Å²) >= 11 is 12.4. The average Bonchev–Trinajstić information content (AvgIpc) is 3.00. The molecule has 0 aliphatic carbocycles. The third-order valence-electron chi connectivity index (χ3n) is 3.75. The van der Waals surface area contributed by atoms with Gasteiger partial charge in [0.2, 0.25) is 0 Å². The predicted octanol–water partition coefficient (Wildman–Crippen LogP) is 2.47. The Bertz CT molecular complexity index is 687. The molecule has 1 aromatic heterocycles. The predicted molar refractivity (Wildman–Crippen MR) is 82.8 cm³/mol. The van der Waals surface area contributed by atoms with Crippen molar-refractivity contribution in [1.29, 1.82) is 0 Å². The number of aromatic amines is 1. The molecule has 1 fully saturated rings. The summed E-state index contributed by atoms with van der Waals surface area (Å²) in [5, 5.41) is 8.52. The number of aliphatic imine (C=N–C) groups is 1. The highest BCUT2D eigenvalue weighted by Crippen LogP contribution is 2.33. The Morgan fingerprint density at radius 1 is 1.42 bits per heavy atom. The molecule has 0 radical (unpaired) electrons. The lowest BCUT2D eigenvalue weighted by molar-refractivity contribution is -0.141. The number of aromatic nitrogens is 2. The van der Waals surface area contributed by atoms with E-state index in [2.05, 4.69) is 15.4 Å². The van der Waals surface area contributed by atoms with Crippen LogP contribution in [0.25, 0.3) is 0 Å². The minimum atomic E-state index is -4.59. The normalized spacial score (nSPS) is 25.6. The number of rotatable bonds is 2. The van der Waals surface area contributed by atoms with Gasteiger partial charge in [0.05, 0.1) is 36.0 Å². The zero-order valence-electron chi connectivity index (χ0n) is 12.5. The van der Waals surface area contributed by atoms with Crippen LogP contribution in [0.1, 0.15) is 18.2 Å². The second kappa shape index (κ2) is 6.45. The molecule has 132 valence electrons. The standard InChI is InChI=1S/C13H14Cl2F3N5O/c1-6-5-24-3-2-23(6)12-8(14)10(15)20-11(21-12)7-4-19-22-9(7)13(16,17)18/h4,6,10H,2-3,5H2,1H3,(H,19,22)(H,20,21)/t6-,10?/m1/s1. The van der Waals surface area contributed by atoms with Gasteiger partial charge < -0.3 is 15.0 Å². The van der Waals surface area contributed by atoms with E-state index in [1.54, 1.807) is 0 Å². The molecule has 0 spiro atoms. The van der Waals surface area contributed by atoms with Crippen LogP contribution in [0.15, 0.2) is 22.0 Å². The smallest absolute Gasteiger partial charge is 0.377 e. The van der Waals surface area contributed by atoms with E-state index in [1.807, 2.05) is 16.9 Å². The fourth-order valence-corrected chi connectivity index (χ4v) is 2.98. The van der Waals surface area contributed by atoms with Gasteiger partial charge in [0, 0.05) is 6.54 Å². The third-order valence-corrected chi connectivity index (χ3v) is 4.56. The highest BCUT2D eigenvalue weighted by Gasteiger charge is 2.39. The number of alkyl halides is 4. The second-order valence-electron chi connectivity index (χ2n) is 5.41. The van der Waals surface area contributed by atoms with E-state index in [4.69, 9.17) is 27.9 Å². The molecule has 1 saturated heterocycles. The number of halogens is 5. The third kappa shape index (κ3) is 3.20. The molecule has 0 bridgehead atoms. The number of amidine groups is 1. The molecular weight excluding hydrogens is 370 g/mol. The molecule has 2 aliphatic heterocycles. The zero-order valence-corrected chi connectivity index (χ0v) is 14.0. The maximum absolute atomic E-state index is 13.1. The van der Waals surface area contributed by atoms with Gasteiger partial charge in [-0.1, -0.05) is 23.2 Å². The Labute approximate surface area is 145 Å². The van der Waals surface area contributed by atoms with Gasteiger partial charge in [-0.3, -0.25) is 5.10 Å². The molecule has 11 heteroatoms. The Kier molecular flexibility index (Phi) is 4.67. The summed E-state index contributed by atoms with van der Waals surface area (Å²) in [6.07, 6.45) is -3.53. The van der Waals surface area contributed by atoms with E-state index in [1.165, 1.54) is 0 Å². The Hall–Kier alpha value is -1.45. The molecule has 6 nitrogen and oxygen atoms in total. The van der Waals surface area contributed by atoms with Crippen LogP contribution < -0.4 is 5.32 Å². The first-order valence-electron chi connectivity index (χ1n) is 7.13. The Morgan fingerprint density at radius 3 is 2.83 bits per heavy atom. The van der Waals surface area contributed by atoms with Crippen molar-refractivity contribution in [2.45, 2.75) is 24.6 Å². The molecule has 3 rings (SSSR count). The van der Waals surface area contributed by atoms with E-state index >= 15 is 0 Å². The van der Waals surface area contributed by atoms with Crippen molar-refractivity contribution in [2.75, 3.05) is 19.8 Å². The van der Waals surface area contributed by atoms with Gasteiger partial charge in [-0.05, 0) is 6.92 Å². The average molecular weight is 384 g/mol. The summed E-state index contributed by atoms with van der Waals surface area (Å²) < 4.78 is 44.6. The van der Waals surface area contributed by atoms with Crippen LogP contribution in [0.5, 0.6) is 0 Å². The van der Waals surface area contributed by atoms with E-state index in [-0.39, 0.29) is 22.5 Å². The maximum atomic E-state index is 13.1. The van der Waals surface area contributed by atoms with Crippen molar-refractivity contribution >= 4 is 29.0 Å². The van der Waals surface area contributed by atoms with Crippen LogP contribution in [-0.4, -0.2) is 52.2 Å². The number of nitrogens with zero attached hydrogens (tertiary/aromatic N) is 3. The molecule has 3 heterocycles. The molecule has 1 unspecified atom stereocenters. The van der Waals surface area contributed by atoms with E-state index in [0.29, 0.717) is 25.6 Å². The lowest BCUT2D eigenvalue weighted by Crippen LogP contribution is -2.49. The van der Waals surface area contributed by atoms with Gasteiger partial charge >= 0.3 is 6.18 Å². The van der Waals surface area contributed by atoms with Crippen LogP contribution in [0.4, 0.5) is 13.2 Å². The summed E-state index contributed by atoms with van der Waals surface area (Å²) in [7, 11) is 0. The summed E-state index contributed by atoms with van der Waals surface area (Å²) in [5.74, 6) is 0.404. The van der Waals surface area contributed by atoms with Crippen molar-refractivity contribution in [1.82, 2.24) is 20.4 Å². The number of ether oxygens (including phenoxy) is 1. The van der Waals surface area contributed by atoms with Gasteiger partial charge in [-0.2, -0.15) is 18.3 Å². The van der Waals surface area contributed by atoms with Gasteiger partial charge in [0.25, 0.3) is 0 Å². The van der Waals surface area contributed by atoms with Gasteiger partial charge in [0.15, 0.2) is 11.2 Å². The van der Waals surface area contributed by atoms with E-state index < -0.39 is 17.4 Å².